The molecule has 0 radical (unpaired) electrons. The van der Waals surface area contributed by atoms with Crippen LogP contribution in [0, 0.1) is 0 Å². The van der Waals surface area contributed by atoms with Gasteiger partial charge in [0.25, 0.3) is 0 Å². The second-order valence-electron chi connectivity index (χ2n) is 4.67. The summed E-state index contributed by atoms with van der Waals surface area (Å²) in [7, 11) is 0. The van der Waals surface area contributed by atoms with Crippen LogP contribution in [0.4, 0.5) is 0 Å². The van der Waals surface area contributed by atoms with Gasteiger partial charge in [-0.25, -0.2) is 0 Å². The van der Waals surface area contributed by atoms with Crippen LogP contribution in [-0.2, 0) is 9.47 Å². The number of hydrogen-bond donors (Lipinski definition) is 0. The van der Waals surface area contributed by atoms with E-state index < -0.39 is 0 Å². The molecule has 3 atom stereocenters. The van der Waals surface area contributed by atoms with E-state index in [1.54, 1.807) is 0 Å². The molecule has 1 heterocycles. The van der Waals surface area contributed by atoms with E-state index in [1.807, 2.05) is 0 Å². The summed E-state index contributed by atoms with van der Waals surface area (Å²) in [6, 6.07) is 0. The predicted octanol–water partition coefficient (Wildman–Crippen LogP) is 3.28. The van der Waals surface area contributed by atoms with Crippen molar-refractivity contribution in [2.45, 2.75) is 62.0 Å². The van der Waals surface area contributed by atoms with E-state index in [1.165, 1.54) is 38.5 Å². The van der Waals surface area contributed by atoms with E-state index >= 15 is 0 Å². The first-order valence-electron chi connectivity index (χ1n) is 6.23. The highest BCUT2D eigenvalue weighted by Crippen LogP contribution is 2.27. The van der Waals surface area contributed by atoms with Gasteiger partial charge in [0.2, 0.25) is 0 Å². The molecule has 1 saturated carbocycles. The molecule has 15 heavy (non-hydrogen) atoms. The summed E-state index contributed by atoms with van der Waals surface area (Å²) in [4.78, 5) is 0.554. The summed E-state index contributed by atoms with van der Waals surface area (Å²) >= 11 is 3.78. The Kier molecular flexibility index (Phi) is 4.92. The SMILES string of the molecule is BrC1CCCCCCC1OC1CCOC1. The number of alkyl halides is 1. The zero-order chi connectivity index (χ0) is 10.5. The largest absolute Gasteiger partial charge is 0.379 e. The van der Waals surface area contributed by atoms with E-state index in [0.717, 1.165) is 19.6 Å². The Morgan fingerprint density at radius 1 is 1.00 bits per heavy atom. The summed E-state index contributed by atoms with van der Waals surface area (Å²) in [6.07, 6.45) is 9.76. The smallest absolute Gasteiger partial charge is 0.0834 e. The Bertz CT molecular complexity index is 180. The van der Waals surface area contributed by atoms with Crippen LogP contribution in [0.15, 0.2) is 0 Å². The molecule has 0 aromatic carbocycles. The Morgan fingerprint density at radius 3 is 2.53 bits per heavy atom. The zero-order valence-corrected chi connectivity index (χ0v) is 10.9. The quantitative estimate of drug-likeness (QED) is 0.721. The molecule has 88 valence electrons. The molecule has 2 aliphatic rings. The highest BCUT2D eigenvalue weighted by molar-refractivity contribution is 9.09. The lowest BCUT2D eigenvalue weighted by molar-refractivity contribution is -0.0229. The first kappa shape index (κ1) is 11.9. The van der Waals surface area contributed by atoms with E-state index in [4.69, 9.17) is 9.47 Å². The van der Waals surface area contributed by atoms with Gasteiger partial charge < -0.3 is 9.47 Å². The highest BCUT2D eigenvalue weighted by Gasteiger charge is 2.26. The van der Waals surface area contributed by atoms with Crippen molar-refractivity contribution in [3.8, 4) is 0 Å². The summed E-state index contributed by atoms with van der Waals surface area (Å²) < 4.78 is 11.5. The van der Waals surface area contributed by atoms with Crippen LogP contribution >= 0.6 is 15.9 Å². The fourth-order valence-corrected chi connectivity index (χ4v) is 3.14. The van der Waals surface area contributed by atoms with Gasteiger partial charge in [0, 0.05) is 11.4 Å². The van der Waals surface area contributed by atoms with E-state index in [9.17, 15) is 0 Å². The van der Waals surface area contributed by atoms with Crippen LogP contribution in [0.25, 0.3) is 0 Å². The van der Waals surface area contributed by atoms with Crippen LogP contribution < -0.4 is 0 Å². The standard InChI is InChI=1S/C12H21BrO2/c13-11-5-3-1-2-4-6-12(11)15-10-7-8-14-9-10/h10-12H,1-9H2. The van der Waals surface area contributed by atoms with Crippen molar-refractivity contribution in [2.75, 3.05) is 13.2 Å². The van der Waals surface area contributed by atoms with Crippen molar-refractivity contribution < 1.29 is 9.47 Å². The molecule has 0 spiro atoms. The van der Waals surface area contributed by atoms with Crippen LogP contribution in [-0.4, -0.2) is 30.2 Å². The summed E-state index contributed by atoms with van der Waals surface area (Å²) in [6.45, 7) is 1.68. The maximum absolute atomic E-state index is 6.13. The van der Waals surface area contributed by atoms with Gasteiger partial charge in [-0.15, -0.1) is 0 Å². The van der Waals surface area contributed by atoms with Gasteiger partial charge in [-0.2, -0.15) is 0 Å². The Balaban J connectivity index is 1.80. The molecular weight excluding hydrogens is 256 g/mol. The van der Waals surface area contributed by atoms with Gasteiger partial charge in [0.1, 0.15) is 0 Å². The van der Waals surface area contributed by atoms with Crippen molar-refractivity contribution >= 4 is 15.9 Å². The lowest BCUT2D eigenvalue weighted by Crippen LogP contribution is -2.30. The molecular formula is C12H21BrO2. The van der Waals surface area contributed by atoms with Crippen molar-refractivity contribution in [2.24, 2.45) is 0 Å². The molecule has 3 unspecified atom stereocenters. The van der Waals surface area contributed by atoms with Crippen molar-refractivity contribution in [1.82, 2.24) is 0 Å². The average molecular weight is 277 g/mol. The zero-order valence-electron chi connectivity index (χ0n) is 9.29. The number of ether oxygens (including phenoxy) is 2. The normalized spacial score (nSPS) is 38.6. The van der Waals surface area contributed by atoms with Gasteiger partial charge >= 0.3 is 0 Å². The van der Waals surface area contributed by atoms with Gasteiger partial charge in [-0.05, 0) is 19.3 Å². The monoisotopic (exact) mass is 276 g/mol. The molecule has 0 aromatic heterocycles. The maximum atomic E-state index is 6.13. The predicted molar refractivity (Wildman–Crippen MR) is 64.5 cm³/mol. The molecule has 2 rings (SSSR count). The van der Waals surface area contributed by atoms with Crippen molar-refractivity contribution in [3.05, 3.63) is 0 Å². The topological polar surface area (TPSA) is 18.5 Å². The van der Waals surface area contributed by atoms with Crippen molar-refractivity contribution in [3.63, 3.8) is 0 Å². The number of rotatable bonds is 2. The average Bonchev–Trinajstić information content (AvgIpc) is 2.70. The fraction of sp³-hybridized carbons (Fsp3) is 1.00. The lowest BCUT2D eigenvalue weighted by Gasteiger charge is -2.27. The summed E-state index contributed by atoms with van der Waals surface area (Å²) in [5.41, 5.74) is 0. The van der Waals surface area contributed by atoms with Crippen LogP contribution in [0.2, 0.25) is 0 Å². The molecule has 1 saturated heterocycles. The van der Waals surface area contributed by atoms with Gasteiger partial charge in [0.05, 0.1) is 18.8 Å². The van der Waals surface area contributed by atoms with Crippen molar-refractivity contribution in [1.29, 1.82) is 0 Å². The molecule has 1 aliphatic heterocycles. The Labute approximate surface area is 101 Å². The molecule has 0 aromatic rings. The maximum Gasteiger partial charge on any atom is 0.0834 e. The number of hydrogen-bond acceptors (Lipinski definition) is 2. The third-order valence-electron chi connectivity index (χ3n) is 3.38. The second kappa shape index (κ2) is 6.21. The molecule has 0 N–H and O–H groups in total. The third-order valence-corrected chi connectivity index (χ3v) is 4.42. The van der Waals surface area contributed by atoms with Crippen LogP contribution in [0.1, 0.15) is 44.9 Å². The number of halogens is 1. The van der Waals surface area contributed by atoms with Gasteiger partial charge in [0.15, 0.2) is 0 Å². The third kappa shape index (κ3) is 3.72. The lowest BCUT2D eigenvalue weighted by atomic mass is 9.98. The van der Waals surface area contributed by atoms with Gasteiger partial charge in [-0.3, -0.25) is 0 Å². The van der Waals surface area contributed by atoms with E-state index in [2.05, 4.69) is 15.9 Å². The second-order valence-corrected chi connectivity index (χ2v) is 5.84. The minimum absolute atomic E-state index is 0.356. The summed E-state index contributed by atoms with van der Waals surface area (Å²) in [5, 5.41) is 0. The molecule has 1 aliphatic carbocycles. The fourth-order valence-electron chi connectivity index (χ4n) is 2.43. The van der Waals surface area contributed by atoms with E-state index in [-0.39, 0.29) is 0 Å². The molecule has 2 fully saturated rings. The molecule has 0 amide bonds. The first-order chi connectivity index (χ1) is 7.36. The van der Waals surface area contributed by atoms with Crippen LogP contribution in [0.5, 0.6) is 0 Å². The minimum atomic E-state index is 0.356. The minimum Gasteiger partial charge on any atom is -0.379 e. The van der Waals surface area contributed by atoms with Crippen LogP contribution in [0.3, 0.4) is 0 Å². The Hall–Kier alpha value is 0.400. The Morgan fingerprint density at radius 2 is 1.80 bits per heavy atom. The molecule has 0 bridgehead atoms. The van der Waals surface area contributed by atoms with E-state index in [0.29, 0.717) is 17.0 Å². The molecule has 2 nitrogen and oxygen atoms in total. The first-order valence-corrected chi connectivity index (χ1v) is 7.15. The summed E-state index contributed by atoms with van der Waals surface area (Å²) in [5.74, 6) is 0. The molecule has 3 heteroatoms. The van der Waals surface area contributed by atoms with Gasteiger partial charge in [-0.1, -0.05) is 41.6 Å². The highest BCUT2D eigenvalue weighted by atomic mass is 79.9.